The Bertz CT molecular complexity index is 817. The molecule has 1 atom stereocenters. The monoisotopic (exact) mass is 344 g/mol. The van der Waals surface area contributed by atoms with Crippen LogP contribution in [0.15, 0.2) is 54.6 Å². The molecule has 1 N–H and O–H groups in total. The van der Waals surface area contributed by atoms with Crippen molar-refractivity contribution in [2.24, 2.45) is 0 Å². The van der Waals surface area contributed by atoms with Crippen molar-refractivity contribution >= 4 is 27.2 Å². The smallest absolute Gasteiger partial charge is 0.308 e. The maximum Gasteiger partial charge on any atom is 0.326 e. The lowest BCUT2D eigenvalue weighted by Gasteiger charge is -2.28. The van der Waals surface area contributed by atoms with Crippen molar-refractivity contribution in [3.05, 3.63) is 60.2 Å². The third kappa shape index (κ3) is 3.76. The molecule has 0 saturated carbocycles. The molecule has 0 spiro atoms. The highest BCUT2D eigenvalue weighted by Gasteiger charge is 2.35. The molecule has 1 aliphatic rings. The van der Waals surface area contributed by atoms with Gasteiger partial charge in [-0.2, -0.15) is 0 Å². The Morgan fingerprint density at radius 2 is 1.75 bits per heavy atom. The van der Waals surface area contributed by atoms with Gasteiger partial charge in [0.2, 0.25) is 0 Å². The van der Waals surface area contributed by atoms with Crippen LogP contribution < -0.4 is 10.2 Å². The van der Waals surface area contributed by atoms with Gasteiger partial charge in [0, 0.05) is 11.4 Å². The molecule has 2 aromatic rings. The number of sulfone groups is 1. The topological polar surface area (TPSA) is 66.5 Å². The van der Waals surface area contributed by atoms with E-state index >= 15 is 0 Å². The minimum absolute atomic E-state index is 0.00306. The number of hydrogen-bond donors (Lipinski definition) is 1. The lowest BCUT2D eigenvalue weighted by atomic mass is 10.1. The molecule has 24 heavy (non-hydrogen) atoms. The average Bonchev–Trinajstić information content (AvgIpc) is 2.90. The van der Waals surface area contributed by atoms with Gasteiger partial charge in [0.1, 0.15) is 0 Å². The van der Waals surface area contributed by atoms with Gasteiger partial charge in [-0.25, -0.2) is 13.2 Å². The highest BCUT2D eigenvalue weighted by Crippen LogP contribution is 2.26. The summed E-state index contributed by atoms with van der Waals surface area (Å²) in [6, 6.07) is 16.0. The Kier molecular flexibility index (Phi) is 4.57. The third-order valence-corrected chi connectivity index (χ3v) is 5.88. The van der Waals surface area contributed by atoms with Crippen molar-refractivity contribution in [3.63, 3.8) is 0 Å². The number of benzene rings is 2. The first kappa shape index (κ1) is 16.5. The van der Waals surface area contributed by atoms with Crippen LogP contribution in [0, 0.1) is 6.92 Å². The van der Waals surface area contributed by atoms with Gasteiger partial charge in [-0.3, -0.25) is 4.90 Å². The number of carbonyl (C=O) groups excluding carboxylic acids is 1. The fraction of sp³-hybridized carbons (Fsp3) is 0.278. The summed E-state index contributed by atoms with van der Waals surface area (Å²) in [7, 11) is -3.08. The van der Waals surface area contributed by atoms with E-state index in [2.05, 4.69) is 5.32 Å². The molecule has 1 fully saturated rings. The molecule has 1 saturated heterocycles. The molecular weight excluding hydrogens is 324 g/mol. The van der Waals surface area contributed by atoms with Crippen molar-refractivity contribution < 1.29 is 13.2 Å². The Balaban J connectivity index is 1.89. The molecule has 6 heteroatoms. The second-order valence-electron chi connectivity index (χ2n) is 6.06. The van der Waals surface area contributed by atoms with E-state index in [1.165, 1.54) is 0 Å². The van der Waals surface area contributed by atoms with Crippen molar-refractivity contribution in [2.45, 2.75) is 19.4 Å². The van der Waals surface area contributed by atoms with Gasteiger partial charge in [0.15, 0.2) is 9.84 Å². The van der Waals surface area contributed by atoms with Crippen LogP contribution in [0.5, 0.6) is 0 Å². The fourth-order valence-corrected chi connectivity index (χ4v) is 4.58. The van der Waals surface area contributed by atoms with E-state index in [1.807, 2.05) is 49.4 Å². The first-order valence-corrected chi connectivity index (χ1v) is 9.69. The zero-order chi connectivity index (χ0) is 17.2. The van der Waals surface area contributed by atoms with Crippen molar-refractivity contribution in [1.82, 2.24) is 0 Å². The molecule has 1 aliphatic heterocycles. The number of para-hydroxylation sites is 1. The van der Waals surface area contributed by atoms with E-state index in [1.54, 1.807) is 17.0 Å². The first-order chi connectivity index (χ1) is 11.4. The number of aryl methyl sites for hydroxylation is 1. The van der Waals surface area contributed by atoms with Gasteiger partial charge < -0.3 is 5.32 Å². The number of anilines is 2. The highest BCUT2D eigenvalue weighted by atomic mass is 32.2. The van der Waals surface area contributed by atoms with Crippen molar-refractivity contribution in [1.29, 1.82) is 0 Å². The van der Waals surface area contributed by atoms with Gasteiger partial charge in [-0.05, 0) is 37.6 Å². The molecule has 2 aromatic carbocycles. The summed E-state index contributed by atoms with van der Waals surface area (Å²) in [6.07, 6.45) is 0.457. The maximum absolute atomic E-state index is 12.8. The highest BCUT2D eigenvalue weighted by molar-refractivity contribution is 7.91. The molecule has 126 valence electrons. The molecular formula is C18H20N2O3S. The summed E-state index contributed by atoms with van der Waals surface area (Å²) in [5.74, 6) is 0.127. The number of hydrogen-bond acceptors (Lipinski definition) is 3. The molecule has 0 aromatic heterocycles. The van der Waals surface area contributed by atoms with Crippen LogP contribution in [0.3, 0.4) is 0 Å². The summed E-state index contributed by atoms with van der Waals surface area (Å²) in [6.45, 7) is 1.97. The van der Waals surface area contributed by atoms with Crippen LogP contribution in [0.2, 0.25) is 0 Å². The largest absolute Gasteiger partial charge is 0.326 e. The summed E-state index contributed by atoms with van der Waals surface area (Å²) in [5, 5.41) is 2.85. The third-order valence-electron chi connectivity index (χ3n) is 4.13. The van der Waals surface area contributed by atoms with E-state index in [0.717, 1.165) is 5.56 Å². The normalized spacial score (nSPS) is 19.0. The summed E-state index contributed by atoms with van der Waals surface area (Å²) >= 11 is 0. The van der Waals surface area contributed by atoms with E-state index in [9.17, 15) is 13.2 Å². The number of carbonyl (C=O) groups is 1. The number of nitrogens with one attached hydrogen (secondary N) is 1. The van der Waals surface area contributed by atoms with Crippen LogP contribution in [0.4, 0.5) is 16.2 Å². The lowest BCUT2D eigenvalue weighted by molar-refractivity contribution is 0.255. The van der Waals surface area contributed by atoms with Gasteiger partial charge in [0.05, 0.1) is 17.5 Å². The molecule has 3 rings (SSSR count). The minimum atomic E-state index is -3.08. The number of nitrogens with zero attached hydrogens (tertiary/aromatic N) is 1. The Morgan fingerprint density at radius 3 is 2.33 bits per heavy atom. The summed E-state index contributed by atoms with van der Waals surface area (Å²) < 4.78 is 23.7. The van der Waals surface area contributed by atoms with Crippen LogP contribution in [-0.4, -0.2) is 32.0 Å². The molecule has 0 radical (unpaired) electrons. The molecule has 2 amide bonds. The van der Waals surface area contributed by atoms with Crippen LogP contribution in [0.25, 0.3) is 0 Å². The zero-order valence-corrected chi connectivity index (χ0v) is 14.3. The average molecular weight is 344 g/mol. The predicted molar refractivity (Wildman–Crippen MR) is 96.2 cm³/mol. The quantitative estimate of drug-likeness (QED) is 0.930. The van der Waals surface area contributed by atoms with Crippen LogP contribution >= 0.6 is 0 Å². The number of urea groups is 1. The molecule has 5 nitrogen and oxygen atoms in total. The van der Waals surface area contributed by atoms with Gasteiger partial charge in [-0.15, -0.1) is 0 Å². The first-order valence-electron chi connectivity index (χ1n) is 7.87. The van der Waals surface area contributed by atoms with E-state index < -0.39 is 9.84 Å². The maximum atomic E-state index is 12.8. The Morgan fingerprint density at radius 1 is 1.08 bits per heavy atom. The fourth-order valence-electron chi connectivity index (χ4n) is 2.88. The van der Waals surface area contributed by atoms with Gasteiger partial charge in [-0.1, -0.05) is 35.9 Å². The van der Waals surface area contributed by atoms with E-state index in [4.69, 9.17) is 0 Å². The number of rotatable bonds is 3. The molecule has 1 heterocycles. The van der Waals surface area contributed by atoms with Crippen molar-refractivity contribution in [2.75, 3.05) is 21.7 Å². The summed E-state index contributed by atoms with van der Waals surface area (Å²) in [4.78, 5) is 14.4. The van der Waals surface area contributed by atoms with E-state index in [-0.39, 0.29) is 23.6 Å². The van der Waals surface area contributed by atoms with E-state index in [0.29, 0.717) is 17.8 Å². The lowest BCUT2D eigenvalue weighted by Crippen LogP contribution is -2.44. The SMILES string of the molecule is Cc1ccc(N(C(=O)Nc2ccccc2)[C@@H]2CCS(=O)(=O)C2)cc1. The molecule has 0 bridgehead atoms. The second kappa shape index (κ2) is 6.65. The minimum Gasteiger partial charge on any atom is -0.308 e. The standard InChI is InChI=1S/C18H20N2O3S/c1-14-7-9-16(10-8-14)20(17-11-12-24(22,23)13-17)18(21)19-15-5-3-2-4-6-15/h2-10,17H,11-13H2,1H3,(H,19,21)/t17-/m1/s1. The van der Waals surface area contributed by atoms with Gasteiger partial charge >= 0.3 is 6.03 Å². The predicted octanol–water partition coefficient (Wildman–Crippen LogP) is 3.22. The molecule has 0 unspecified atom stereocenters. The Hall–Kier alpha value is -2.34. The van der Waals surface area contributed by atoms with Gasteiger partial charge in [0.25, 0.3) is 0 Å². The summed E-state index contributed by atoms with van der Waals surface area (Å²) in [5.41, 5.74) is 2.47. The van der Waals surface area contributed by atoms with Crippen molar-refractivity contribution in [3.8, 4) is 0 Å². The van der Waals surface area contributed by atoms with Crippen LogP contribution in [-0.2, 0) is 9.84 Å². The Labute approximate surface area is 142 Å². The molecule has 0 aliphatic carbocycles. The zero-order valence-electron chi connectivity index (χ0n) is 13.5. The van der Waals surface area contributed by atoms with Crippen LogP contribution in [0.1, 0.15) is 12.0 Å². The second-order valence-corrected chi connectivity index (χ2v) is 8.29. The number of amides is 2.